The summed E-state index contributed by atoms with van der Waals surface area (Å²) in [4.78, 5) is 10.7. The van der Waals surface area contributed by atoms with Crippen LogP contribution in [0.1, 0.15) is 41.9 Å². The smallest absolute Gasteiger partial charge is 0.147 e. The molecule has 0 amide bonds. The van der Waals surface area contributed by atoms with Gasteiger partial charge in [0.05, 0.1) is 10.6 Å². The third-order valence-corrected chi connectivity index (χ3v) is 4.64. The van der Waals surface area contributed by atoms with Gasteiger partial charge in [-0.2, -0.15) is 0 Å². The predicted molar refractivity (Wildman–Crippen MR) is 71.1 cm³/mol. The summed E-state index contributed by atoms with van der Waals surface area (Å²) in [6.07, 6.45) is 3.59. The zero-order valence-corrected chi connectivity index (χ0v) is 10.8. The van der Waals surface area contributed by atoms with Crippen LogP contribution in [0.2, 0.25) is 0 Å². The first-order valence-electron chi connectivity index (χ1n) is 6.19. The minimum Gasteiger partial charge on any atom is -0.341 e. The third kappa shape index (κ3) is 1.81. The second-order valence-electron chi connectivity index (χ2n) is 4.56. The monoisotopic (exact) mass is 247 g/mol. The zero-order chi connectivity index (χ0) is 11.8. The maximum absolute atomic E-state index is 5.64. The van der Waals surface area contributed by atoms with Gasteiger partial charge in [0.1, 0.15) is 5.82 Å². The van der Waals surface area contributed by atoms with Crippen molar-refractivity contribution in [2.24, 2.45) is 5.73 Å². The van der Waals surface area contributed by atoms with Crippen LogP contribution in [0, 0.1) is 0 Å². The standard InChI is InChI=1S/C13H17N3S/c1-2-8-3-5-10-12(8)16-13(15-10)11-6-4-9(7-14)17-11/h4,6,8H,2-3,5,7,14H2,1H3,(H,15,16). The molecular weight excluding hydrogens is 230 g/mol. The molecule has 0 saturated heterocycles. The van der Waals surface area contributed by atoms with Crippen molar-refractivity contribution in [3.05, 3.63) is 28.4 Å². The number of nitrogens with one attached hydrogen (secondary N) is 1. The molecule has 1 aliphatic rings. The molecule has 2 aromatic heterocycles. The van der Waals surface area contributed by atoms with E-state index < -0.39 is 0 Å². The van der Waals surface area contributed by atoms with Gasteiger partial charge in [0.25, 0.3) is 0 Å². The van der Waals surface area contributed by atoms with E-state index in [1.165, 1.54) is 34.0 Å². The quantitative estimate of drug-likeness (QED) is 0.876. The van der Waals surface area contributed by atoms with E-state index in [0.717, 1.165) is 12.2 Å². The van der Waals surface area contributed by atoms with Crippen molar-refractivity contribution >= 4 is 11.3 Å². The highest BCUT2D eigenvalue weighted by atomic mass is 32.1. The van der Waals surface area contributed by atoms with Crippen molar-refractivity contribution in [3.63, 3.8) is 0 Å². The van der Waals surface area contributed by atoms with Gasteiger partial charge < -0.3 is 10.7 Å². The number of thiophene rings is 1. The lowest BCUT2D eigenvalue weighted by Gasteiger charge is -2.02. The van der Waals surface area contributed by atoms with Gasteiger partial charge in [0, 0.05) is 23.0 Å². The number of nitrogens with two attached hydrogens (primary N) is 1. The van der Waals surface area contributed by atoms with Crippen LogP contribution in [0.15, 0.2) is 12.1 Å². The Morgan fingerprint density at radius 1 is 1.53 bits per heavy atom. The summed E-state index contributed by atoms with van der Waals surface area (Å²) in [5.74, 6) is 1.68. The second-order valence-corrected chi connectivity index (χ2v) is 5.73. The molecule has 0 aromatic carbocycles. The molecule has 2 heterocycles. The minimum absolute atomic E-state index is 0.614. The number of nitrogens with zero attached hydrogens (tertiary/aromatic N) is 1. The Bertz CT molecular complexity index is 527. The number of imidazole rings is 1. The molecule has 3 N–H and O–H groups in total. The Kier molecular flexibility index (Phi) is 2.76. The molecule has 90 valence electrons. The summed E-state index contributed by atoms with van der Waals surface area (Å²) < 4.78 is 0. The highest BCUT2D eigenvalue weighted by Crippen LogP contribution is 2.36. The van der Waals surface area contributed by atoms with Gasteiger partial charge in [-0.05, 0) is 31.4 Å². The number of rotatable bonds is 3. The lowest BCUT2D eigenvalue weighted by atomic mass is 10.1. The van der Waals surface area contributed by atoms with E-state index in [9.17, 15) is 0 Å². The normalized spacial score (nSPS) is 18.6. The van der Waals surface area contributed by atoms with E-state index in [1.54, 1.807) is 11.3 Å². The molecule has 1 aliphatic carbocycles. The number of aryl methyl sites for hydroxylation is 1. The van der Waals surface area contributed by atoms with Crippen LogP contribution < -0.4 is 5.73 Å². The number of H-pyrrole nitrogens is 1. The van der Waals surface area contributed by atoms with Gasteiger partial charge >= 0.3 is 0 Å². The first-order valence-corrected chi connectivity index (χ1v) is 7.01. The van der Waals surface area contributed by atoms with Crippen molar-refractivity contribution in [3.8, 4) is 10.7 Å². The van der Waals surface area contributed by atoms with Crippen LogP contribution in [0.4, 0.5) is 0 Å². The molecule has 4 heteroatoms. The maximum Gasteiger partial charge on any atom is 0.147 e. The molecule has 0 spiro atoms. The fraction of sp³-hybridized carbons (Fsp3) is 0.462. The zero-order valence-electron chi connectivity index (χ0n) is 9.99. The summed E-state index contributed by atoms with van der Waals surface area (Å²) in [5, 5.41) is 0. The molecule has 1 unspecified atom stereocenters. The van der Waals surface area contributed by atoms with Crippen LogP contribution in [0.25, 0.3) is 10.7 Å². The van der Waals surface area contributed by atoms with E-state index in [4.69, 9.17) is 10.7 Å². The average Bonchev–Trinajstić information content (AvgIpc) is 3.02. The molecule has 3 nitrogen and oxygen atoms in total. The van der Waals surface area contributed by atoms with Crippen molar-refractivity contribution in [1.82, 2.24) is 9.97 Å². The highest BCUT2D eigenvalue weighted by molar-refractivity contribution is 7.15. The van der Waals surface area contributed by atoms with Gasteiger partial charge in [-0.15, -0.1) is 11.3 Å². The van der Waals surface area contributed by atoms with E-state index in [1.807, 2.05) is 0 Å². The third-order valence-electron chi connectivity index (χ3n) is 3.53. The predicted octanol–water partition coefficient (Wildman–Crippen LogP) is 3.04. The number of fused-ring (bicyclic) bond motifs is 1. The van der Waals surface area contributed by atoms with Crippen LogP contribution >= 0.6 is 11.3 Å². The van der Waals surface area contributed by atoms with Crippen LogP contribution in [-0.2, 0) is 13.0 Å². The molecule has 0 fully saturated rings. The summed E-state index contributed by atoms with van der Waals surface area (Å²) in [6.45, 7) is 2.86. The van der Waals surface area contributed by atoms with Gasteiger partial charge in [-0.25, -0.2) is 4.98 Å². The van der Waals surface area contributed by atoms with Crippen molar-refractivity contribution in [2.45, 2.75) is 38.6 Å². The number of hydrogen-bond donors (Lipinski definition) is 2. The Morgan fingerprint density at radius 3 is 3.12 bits per heavy atom. The summed E-state index contributed by atoms with van der Waals surface area (Å²) in [7, 11) is 0. The fourth-order valence-corrected chi connectivity index (χ4v) is 3.37. The second kappa shape index (κ2) is 4.27. The Hall–Kier alpha value is -1.13. The lowest BCUT2D eigenvalue weighted by Crippen LogP contribution is -1.92. The van der Waals surface area contributed by atoms with Crippen LogP contribution in [-0.4, -0.2) is 9.97 Å². The molecule has 1 atom stereocenters. The topological polar surface area (TPSA) is 54.7 Å². The average molecular weight is 247 g/mol. The van der Waals surface area contributed by atoms with Gasteiger partial charge in [-0.3, -0.25) is 0 Å². The molecule has 2 aromatic rings. The molecule has 0 bridgehead atoms. The Morgan fingerprint density at radius 2 is 2.41 bits per heavy atom. The van der Waals surface area contributed by atoms with Crippen molar-refractivity contribution < 1.29 is 0 Å². The van der Waals surface area contributed by atoms with Crippen LogP contribution in [0.3, 0.4) is 0 Å². The van der Waals surface area contributed by atoms with E-state index >= 15 is 0 Å². The SMILES string of the molecule is CCC1CCc2[nH]c(-c3ccc(CN)s3)nc21. The molecule has 0 radical (unpaired) electrons. The summed E-state index contributed by atoms with van der Waals surface area (Å²) in [5.41, 5.74) is 8.28. The van der Waals surface area contributed by atoms with Crippen LogP contribution in [0.5, 0.6) is 0 Å². The Labute approximate surface area is 105 Å². The highest BCUT2D eigenvalue weighted by Gasteiger charge is 2.25. The first kappa shape index (κ1) is 11.0. The molecule has 0 aliphatic heterocycles. The largest absolute Gasteiger partial charge is 0.341 e. The minimum atomic E-state index is 0.614. The van der Waals surface area contributed by atoms with Crippen molar-refractivity contribution in [2.75, 3.05) is 0 Å². The maximum atomic E-state index is 5.64. The van der Waals surface area contributed by atoms with Gasteiger partial charge in [0.15, 0.2) is 0 Å². The first-order chi connectivity index (χ1) is 8.31. The number of aromatic nitrogens is 2. The lowest BCUT2D eigenvalue weighted by molar-refractivity contribution is 0.641. The van der Waals surface area contributed by atoms with E-state index in [-0.39, 0.29) is 0 Å². The number of aromatic amines is 1. The Balaban J connectivity index is 1.95. The summed E-state index contributed by atoms with van der Waals surface area (Å²) >= 11 is 1.73. The van der Waals surface area contributed by atoms with E-state index in [2.05, 4.69) is 24.0 Å². The molecule has 3 rings (SSSR count). The van der Waals surface area contributed by atoms with Gasteiger partial charge in [0.2, 0.25) is 0 Å². The number of hydrogen-bond acceptors (Lipinski definition) is 3. The molecular formula is C13H17N3S. The van der Waals surface area contributed by atoms with E-state index in [0.29, 0.717) is 12.5 Å². The summed E-state index contributed by atoms with van der Waals surface area (Å²) in [6, 6.07) is 4.20. The fourth-order valence-electron chi connectivity index (χ4n) is 2.54. The van der Waals surface area contributed by atoms with Crippen molar-refractivity contribution in [1.29, 1.82) is 0 Å². The van der Waals surface area contributed by atoms with Gasteiger partial charge in [-0.1, -0.05) is 6.92 Å². The molecule has 0 saturated carbocycles. The molecule has 17 heavy (non-hydrogen) atoms.